The first-order chi connectivity index (χ1) is 17.0. The van der Waals surface area contributed by atoms with Gasteiger partial charge in [0.25, 0.3) is 0 Å². The summed E-state index contributed by atoms with van der Waals surface area (Å²) in [5, 5.41) is 12.1. The molecule has 7 nitrogen and oxygen atoms in total. The molecule has 2 aromatic carbocycles. The van der Waals surface area contributed by atoms with Crippen LogP contribution in [0.15, 0.2) is 48.5 Å². The Morgan fingerprint density at radius 1 is 0.971 bits per heavy atom. The van der Waals surface area contributed by atoms with Gasteiger partial charge >= 0.3 is 12.1 Å². The summed E-state index contributed by atoms with van der Waals surface area (Å²) >= 11 is 0. The summed E-state index contributed by atoms with van der Waals surface area (Å²) in [6.07, 6.45) is 4.79. The van der Waals surface area contributed by atoms with Gasteiger partial charge in [-0.3, -0.25) is 9.59 Å². The van der Waals surface area contributed by atoms with E-state index >= 15 is 0 Å². The second-order valence-corrected chi connectivity index (χ2v) is 10.1. The first-order valence-electron chi connectivity index (χ1n) is 12.6. The molecule has 35 heavy (non-hydrogen) atoms. The monoisotopic (exact) mass is 476 g/mol. The number of benzene rings is 2. The van der Waals surface area contributed by atoms with Crippen molar-refractivity contribution in [3.05, 3.63) is 59.7 Å². The Kier molecular flexibility index (Phi) is 6.50. The lowest BCUT2D eigenvalue weighted by Gasteiger charge is -2.32. The van der Waals surface area contributed by atoms with Crippen molar-refractivity contribution in [3.63, 3.8) is 0 Å². The number of amides is 2. The molecule has 0 unspecified atom stereocenters. The highest BCUT2D eigenvalue weighted by atomic mass is 16.5. The van der Waals surface area contributed by atoms with Gasteiger partial charge in [-0.2, -0.15) is 0 Å². The van der Waals surface area contributed by atoms with Gasteiger partial charge in [-0.25, -0.2) is 4.79 Å². The zero-order chi connectivity index (χ0) is 24.4. The number of nitrogens with one attached hydrogen (secondary N) is 1. The van der Waals surface area contributed by atoms with E-state index < -0.39 is 17.6 Å². The lowest BCUT2D eigenvalue weighted by molar-refractivity contribution is -0.139. The van der Waals surface area contributed by atoms with E-state index in [4.69, 9.17) is 9.84 Å². The molecule has 184 valence electrons. The van der Waals surface area contributed by atoms with E-state index in [0.717, 1.165) is 49.7 Å². The molecule has 7 heteroatoms. The molecule has 0 aromatic heterocycles. The van der Waals surface area contributed by atoms with Gasteiger partial charge in [-0.05, 0) is 47.9 Å². The molecule has 0 aliphatic heterocycles. The number of nitrogens with zero attached hydrogens (tertiary/aromatic N) is 1. The van der Waals surface area contributed by atoms with E-state index in [1.54, 1.807) is 4.90 Å². The Balaban J connectivity index is 1.24. The average Bonchev–Trinajstić information content (AvgIpc) is 3.49. The van der Waals surface area contributed by atoms with E-state index in [1.807, 2.05) is 24.3 Å². The largest absolute Gasteiger partial charge is 0.481 e. The first-order valence-corrected chi connectivity index (χ1v) is 12.6. The van der Waals surface area contributed by atoms with E-state index in [-0.39, 0.29) is 43.9 Å². The van der Waals surface area contributed by atoms with Crippen LogP contribution in [0.2, 0.25) is 0 Å². The van der Waals surface area contributed by atoms with E-state index in [2.05, 4.69) is 29.6 Å². The van der Waals surface area contributed by atoms with Crippen LogP contribution >= 0.6 is 0 Å². The van der Waals surface area contributed by atoms with Crippen molar-refractivity contribution in [2.75, 3.05) is 13.2 Å². The molecule has 2 amide bonds. The summed E-state index contributed by atoms with van der Waals surface area (Å²) in [5.41, 5.74) is 4.04. The molecule has 5 rings (SSSR count). The van der Waals surface area contributed by atoms with Gasteiger partial charge in [0.15, 0.2) is 0 Å². The molecule has 3 aliphatic carbocycles. The molecule has 2 aromatic rings. The number of fused-ring (bicyclic) bond motifs is 3. The number of rotatable bonds is 9. The number of carboxylic acid groups (broad SMARTS) is 1. The van der Waals surface area contributed by atoms with Gasteiger partial charge in [-0.15, -0.1) is 0 Å². The molecular formula is C28H32N2O5. The Bertz CT molecular complexity index is 1070. The highest BCUT2D eigenvalue weighted by Crippen LogP contribution is 2.44. The van der Waals surface area contributed by atoms with Crippen LogP contribution in [0.25, 0.3) is 11.1 Å². The molecule has 2 saturated carbocycles. The van der Waals surface area contributed by atoms with E-state index in [9.17, 15) is 14.4 Å². The third-order valence-corrected chi connectivity index (χ3v) is 7.64. The maximum Gasteiger partial charge on any atom is 0.407 e. The lowest BCUT2D eigenvalue weighted by Crippen LogP contribution is -2.50. The molecule has 0 heterocycles. The maximum atomic E-state index is 13.2. The van der Waals surface area contributed by atoms with Gasteiger partial charge in [0.2, 0.25) is 5.91 Å². The fraction of sp³-hybridized carbons (Fsp3) is 0.464. The van der Waals surface area contributed by atoms with Crippen molar-refractivity contribution in [3.8, 4) is 11.1 Å². The van der Waals surface area contributed by atoms with Gasteiger partial charge in [0, 0.05) is 18.5 Å². The molecule has 0 bridgehead atoms. The summed E-state index contributed by atoms with van der Waals surface area (Å²) in [7, 11) is 0. The molecular weight excluding hydrogens is 444 g/mol. The van der Waals surface area contributed by atoms with Crippen LogP contribution in [0.1, 0.15) is 68.4 Å². The molecule has 0 saturated heterocycles. The van der Waals surface area contributed by atoms with Crippen LogP contribution in [0.5, 0.6) is 0 Å². The van der Waals surface area contributed by atoms with E-state index in [0.29, 0.717) is 0 Å². The van der Waals surface area contributed by atoms with Crippen LogP contribution < -0.4 is 5.32 Å². The van der Waals surface area contributed by atoms with E-state index in [1.165, 1.54) is 11.1 Å². The van der Waals surface area contributed by atoms with Gasteiger partial charge in [-0.1, -0.05) is 61.4 Å². The zero-order valence-corrected chi connectivity index (χ0v) is 19.9. The quantitative estimate of drug-likeness (QED) is 0.547. The van der Waals surface area contributed by atoms with Crippen molar-refractivity contribution < 1.29 is 24.2 Å². The van der Waals surface area contributed by atoms with Crippen molar-refractivity contribution in [2.45, 2.75) is 68.9 Å². The smallest absolute Gasteiger partial charge is 0.407 e. The Hall–Kier alpha value is -3.35. The minimum absolute atomic E-state index is 0.0179. The minimum Gasteiger partial charge on any atom is -0.481 e. The molecule has 3 aliphatic rings. The number of carbonyl (C=O) groups is 3. The Morgan fingerprint density at radius 3 is 2.14 bits per heavy atom. The van der Waals surface area contributed by atoms with Crippen LogP contribution in [0.4, 0.5) is 4.79 Å². The van der Waals surface area contributed by atoms with Gasteiger partial charge < -0.3 is 20.1 Å². The fourth-order valence-corrected chi connectivity index (χ4v) is 5.75. The third-order valence-electron chi connectivity index (χ3n) is 7.64. The highest BCUT2D eigenvalue weighted by molar-refractivity contribution is 5.81. The predicted molar refractivity (Wildman–Crippen MR) is 131 cm³/mol. The van der Waals surface area contributed by atoms with Crippen LogP contribution in [0, 0.1) is 0 Å². The van der Waals surface area contributed by atoms with Crippen molar-refractivity contribution >= 4 is 18.0 Å². The highest BCUT2D eigenvalue weighted by Gasteiger charge is 2.42. The number of alkyl carbamates (subject to hydrolysis) is 1. The summed E-state index contributed by atoms with van der Waals surface area (Å²) < 4.78 is 5.75. The molecule has 2 N–H and O–H groups in total. The standard InChI is InChI=1S/C28H32N2O5/c31-25(30(19-11-12-19)16-13-26(32)33)17-28(14-5-6-15-28)29-27(34)35-18-24-22-9-3-1-7-20(22)21-8-2-4-10-23(21)24/h1-4,7-10,19,24H,5-6,11-18H2,(H,29,34)(H,32,33). The first kappa shape index (κ1) is 23.4. The molecule has 0 atom stereocenters. The summed E-state index contributed by atoms with van der Waals surface area (Å²) in [4.78, 5) is 38.9. The third kappa shape index (κ3) is 5.04. The summed E-state index contributed by atoms with van der Waals surface area (Å²) in [5.74, 6) is -0.999. The topological polar surface area (TPSA) is 95.9 Å². The second kappa shape index (κ2) is 9.72. The molecule has 0 spiro atoms. The van der Waals surface area contributed by atoms with Gasteiger partial charge in [0.1, 0.15) is 6.61 Å². The minimum atomic E-state index is -0.907. The van der Waals surface area contributed by atoms with Gasteiger partial charge in [0.05, 0.1) is 18.4 Å². The number of ether oxygens (including phenoxy) is 1. The van der Waals surface area contributed by atoms with Crippen LogP contribution in [0.3, 0.4) is 0 Å². The van der Waals surface area contributed by atoms with Crippen molar-refractivity contribution in [1.29, 1.82) is 0 Å². The van der Waals surface area contributed by atoms with Crippen molar-refractivity contribution in [1.82, 2.24) is 10.2 Å². The Morgan fingerprint density at radius 2 is 1.57 bits per heavy atom. The van der Waals surface area contributed by atoms with Crippen molar-refractivity contribution in [2.24, 2.45) is 0 Å². The Labute approximate surface area is 205 Å². The number of carboxylic acids is 1. The second-order valence-electron chi connectivity index (χ2n) is 10.1. The normalized spacial score (nSPS) is 17.9. The molecule has 2 fully saturated rings. The SMILES string of the molecule is O=C(O)CCN(C(=O)CC1(NC(=O)OCC2c3ccccc3-c3ccccc32)CCCC1)C1CC1. The zero-order valence-electron chi connectivity index (χ0n) is 19.9. The molecule has 0 radical (unpaired) electrons. The lowest BCUT2D eigenvalue weighted by atomic mass is 9.92. The number of hydrogen-bond donors (Lipinski definition) is 2. The number of carbonyl (C=O) groups excluding carboxylic acids is 2. The predicted octanol–water partition coefficient (Wildman–Crippen LogP) is 4.69. The average molecular weight is 477 g/mol. The number of hydrogen-bond acceptors (Lipinski definition) is 4. The number of aliphatic carboxylic acids is 1. The summed E-state index contributed by atoms with van der Waals surface area (Å²) in [6, 6.07) is 16.6. The fourth-order valence-electron chi connectivity index (χ4n) is 5.75. The van der Waals surface area contributed by atoms with Crippen LogP contribution in [-0.2, 0) is 14.3 Å². The maximum absolute atomic E-state index is 13.2. The van der Waals surface area contributed by atoms with Crippen LogP contribution in [-0.4, -0.2) is 52.7 Å². The summed E-state index contributed by atoms with van der Waals surface area (Å²) in [6.45, 7) is 0.455.